The average molecular weight is 309 g/mol. The van der Waals surface area contributed by atoms with Crippen LogP contribution in [-0.4, -0.2) is 22.7 Å². The number of aliphatic hydroxyl groups is 1. The third-order valence-corrected chi connectivity index (χ3v) is 4.02. The van der Waals surface area contributed by atoms with Crippen LogP contribution < -0.4 is 10.6 Å². The molecule has 21 heavy (non-hydrogen) atoms. The van der Waals surface area contributed by atoms with Crippen LogP contribution in [0, 0.1) is 0 Å². The maximum atomic E-state index is 11.6. The number of amides is 2. The van der Waals surface area contributed by atoms with Gasteiger partial charge in [0.15, 0.2) is 0 Å². The lowest BCUT2D eigenvalue weighted by Crippen LogP contribution is -2.37. The van der Waals surface area contributed by atoms with Crippen molar-refractivity contribution in [1.29, 1.82) is 0 Å². The maximum Gasteiger partial charge on any atom is 0.315 e. The van der Waals surface area contributed by atoms with Crippen LogP contribution in [-0.2, 0) is 6.54 Å². The number of carbonyl (C=O) groups excluding carboxylic acids is 1. The smallest absolute Gasteiger partial charge is 0.315 e. The number of aromatic nitrogens is 1. The van der Waals surface area contributed by atoms with Gasteiger partial charge in [-0.25, -0.2) is 9.78 Å². The van der Waals surface area contributed by atoms with Crippen LogP contribution >= 0.6 is 11.3 Å². The van der Waals surface area contributed by atoms with Gasteiger partial charge in [-0.15, -0.1) is 11.3 Å². The minimum absolute atomic E-state index is 0.0909. The zero-order valence-electron chi connectivity index (χ0n) is 12.0. The number of thiazole rings is 1. The van der Waals surface area contributed by atoms with Gasteiger partial charge >= 0.3 is 6.03 Å². The highest BCUT2D eigenvalue weighted by Crippen LogP contribution is 2.18. The van der Waals surface area contributed by atoms with E-state index >= 15 is 0 Å². The minimum Gasteiger partial charge on any atom is -0.467 e. The molecule has 0 bridgehead atoms. The first-order chi connectivity index (χ1) is 10.1. The van der Waals surface area contributed by atoms with E-state index in [1.165, 1.54) is 6.26 Å². The first kappa shape index (κ1) is 15.5. The Hall–Kier alpha value is -1.86. The Kier molecular flexibility index (Phi) is 5.35. The molecule has 0 saturated heterocycles. The molecule has 114 valence electrons. The van der Waals surface area contributed by atoms with Crippen molar-refractivity contribution in [3.63, 3.8) is 0 Å². The number of hydrogen-bond donors (Lipinski definition) is 3. The number of hydrogen-bond acceptors (Lipinski definition) is 5. The Balaban J connectivity index is 1.72. The molecule has 0 aliphatic carbocycles. The number of aliphatic hydroxyl groups excluding tert-OH is 1. The fourth-order valence-corrected chi connectivity index (χ4v) is 2.51. The van der Waals surface area contributed by atoms with Crippen molar-refractivity contribution in [2.24, 2.45) is 0 Å². The van der Waals surface area contributed by atoms with Gasteiger partial charge in [0.2, 0.25) is 0 Å². The molecule has 1 unspecified atom stereocenters. The molecule has 2 heterocycles. The Bertz CT molecular complexity index is 566. The monoisotopic (exact) mass is 309 g/mol. The highest BCUT2D eigenvalue weighted by molar-refractivity contribution is 7.09. The molecule has 0 aliphatic rings. The number of urea groups is 1. The van der Waals surface area contributed by atoms with Crippen LogP contribution in [0.3, 0.4) is 0 Å². The van der Waals surface area contributed by atoms with Gasteiger partial charge in [-0.2, -0.15) is 0 Å². The summed E-state index contributed by atoms with van der Waals surface area (Å²) in [5.74, 6) is 0.817. The van der Waals surface area contributed by atoms with Gasteiger partial charge in [0.1, 0.15) is 11.9 Å². The summed E-state index contributed by atoms with van der Waals surface area (Å²) in [4.78, 5) is 16.1. The fourth-order valence-electron chi connectivity index (χ4n) is 1.67. The van der Waals surface area contributed by atoms with E-state index in [1.54, 1.807) is 23.5 Å². The Morgan fingerprint density at radius 2 is 2.29 bits per heavy atom. The molecule has 2 aromatic rings. The molecule has 2 aromatic heterocycles. The summed E-state index contributed by atoms with van der Waals surface area (Å²) >= 11 is 1.59. The number of rotatable bonds is 6. The van der Waals surface area contributed by atoms with Crippen LogP contribution in [0.15, 0.2) is 28.2 Å². The average Bonchev–Trinajstić information content (AvgIpc) is 3.13. The molecule has 2 rings (SSSR count). The van der Waals surface area contributed by atoms with E-state index < -0.39 is 6.10 Å². The van der Waals surface area contributed by atoms with Gasteiger partial charge < -0.3 is 20.2 Å². The number of carbonyl (C=O) groups is 1. The van der Waals surface area contributed by atoms with Gasteiger partial charge in [-0.3, -0.25) is 0 Å². The molecule has 0 aliphatic heterocycles. The van der Waals surface area contributed by atoms with Crippen molar-refractivity contribution in [3.8, 4) is 0 Å². The summed E-state index contributed by atoms with van der Waals surface area (Å²) < 4.78 is 5.05. The van der Waals surface area contributed by atoms with Crippen molar-refractivity contribution in [2.45, 2.75) is 32.4 Å². The van der Waals surface area contributed by atoms with E-state index in [2.05, 4.69) is 29.5 Å². The van der Waals surface area contributed by atoms with Crippen LogP contribution in [0.2, 0.25) is 0 Å². The van der Waals surface area contributed by atoms with Crippen molar-refractivity contribution < 1.29 is 14.3 Å². The molecule has 1 atom stereocenters. The van der Waals surface area contributed by atoms with Gasteiger partial charge in [0.05, 0.1) is 30.1 Å². The highest BCUT2D eigenvalue weighted by Gasteiger charge is 2.12. The predicted octanol–water partition coefficient (Wildman–Crippen LogP) is 2.39. The van der Waals surface area contributed by atoms with Crippen molar-refractivity contribution in [1.82, 2.24) is 15.6 Å². The zero-order chi connectivity index (χ0) is 15.2. The molecule has 6 nitrogen and oxygen atoms in total. The zero-order valence-corrected chi connectivity index (χ0v) is 12.8. The largest absolute Gasteiger partial charge is 0.467 e. The van der Waals surface area contributed by atoms with E-state index in [1.807, 2.05) is 5.38 Å². The summed E-state index contributed by atoms with van der Waals surface area (Å²) in [5.41, 5.74) is 0.838. The predicted molar refractivity (Wildman–Crippen MR) is 80.1 cm³/mol. The van der Waals surface area contributed by atoms with Crippen LogP contribution in [0.1, 0.15) is 42.3 Å². The second kappa shape index (κ2) is 7.24. The van der Waals surface area contributed by atoms with E-state index in [9.17, 15) is 9.90 Å². The first-order valence-corrected chi connectivity index (χ1v) is 7.61. The quantitative estimate of drug-likeness (QED) is 0.764. The molecule has 0 spiro atoms. The van der Waals surface area contributed by atoms with E-state index in [0.29, 0.717) is 18.2 Å². The van der Waals surface area contributed by atoms with E-state index in [0.717, 1.165) is 10.7 Å². The summed E-state index contributed by atoms with van der Waals surface area (Å²) in [6, 6.07) is 3.00. The lowest BCUT2D eigenvalue weighted by molar-refractivity contribution is 0.148. The van der Waals surface area contributed by atoms with E-state index in [4.69, 9.17) is 4.42 Å². The minimum atomic E-state index is -0.849. The normalized spacial score (nSPS) is 12.4. The molecule has 0 radical (unpaired) electrons. The number of nitrogens with one attached hydrogen (secondary N) is 2. The van der Waals surface area contributed by atoms with Gasteiger partial charge in [0, 0.05) is 11.3 Å². The lowest BCUT2D eigenvalue weighted by Gasteiger charge is -2.10. The molecule has 3 N–H and O–H groups in total. The van der Waals surface area contributed by atoms with Crippen LogP contribution in [0.25, 0.3) is 0 Å². The third kappa shape index (κ3) is 4.57. The first-order valence-electron chi connectivity index (χ1n) is 6.73. The SMILES string of the molecule is CC(C)c1nc(CNC(=O)NCC(O)c2ccco2)cs1. The number of nitrogens with zero attached hydrogens (tertiary/aromatic N) is 1. The Morgan fingerprint density at radius 1 is 1.48 bits per heavy atom. The summed E-state index contributed by atoms with van der Waals surface area (Å²) in [7, 11) is 0. The summed E-state index contributed by atoms with van der Waals surface area (Å²) in [5, 5.41) is 18.0. The Labute approximate surface area is 127 Å². The van der Waals surface area contributed by atoms with Gasteiger partial charge in [-0.05, 0) is 12.1 Å². The molecular weight excluding hydrogens is 290 g/mol. The molecule has 7 heteroatoms. The summed E-state index contributed by atoms with van der Waals surface area (Å²) in [6.45, 7) is 4.62. The third-order valence-electron chi connectivity index (χ3n) is 2.82. The van der Waals surface area contributed by atoms with Gasteiger partial charge in [0.25, 0.3) is 0 Å². The standard InChI is InChI=1S/C14H19N3O3S/c1-9(2)13-17-10(8-21-13)6-15-14(19)16-7-11(18)12-4-3-5-20-12/h3-5,8-9,11,18H,6-7H2,1-2H3,(H2,15,16,19). The van der Waals surface area contributed by atoms with E-state index in [-0.39, 0.29) is 12.6 Å². The summed E-state index contributed by atoms with van der Waals surface area (Å²) in [6.07, 6.45) is 0.630. The second-order valence-electron chi connectivity index (χ2n) is 4.93. The molecule has 0 aromatic carbocycles. The van der Waals surface area contributed by atoms with Gasteiger partial charge in [-0.1, -0.05) is 13.8 Å². The van der Waals surface area contributed by atoms with Crippen LogP contribution in [0.4, 0.5) is 4.79 Å². The fraction of sp³-hybridized carbons (Fsp3) is 0.429. The highest BCUT2D eigenvalue weighted by atomic mass is 32.1. The van der Waals surface area contributed by atoms with Crippen molar-refractivity contribution >= 4 is 17.4 Å². The topological polar surface area (TPSA) is 87.4 Å². The molecule has 0 saturated carbocycles. The Morgan fingerprint density at radius 3 is 2.90 bits per heavy atom. The van der Waals surface area contributed by atoms with Crippen molar-refractivity contribution in [3.05, 3.63) is 40.2 Å². The lowest BCUT2D eigenvalue weighted by atomic mass is 10.2. The number of furan rings is 1. The molecular formula is C14H19N3O3S. The van der Waals surface area contributed by atoms with Crippen molar-refractivity contribution in [2.75, 3.05) is 6.54 Å². The molecule has 0 fully saturated rings. The van der Waals surface area contributed by atoms with Crippen LogP contribution in [0.5, 0.6) is 0 Å². The second-order valence-corrected chi connectivity index (χ2v) is 5.82. The molecule has 2 amide bonds. The maximum absolute atomic E-state index is 11.6.